The topological polar surface area (TPSA) is 34.0 Å². The maximum absolute atomic E-state index is 12.9. The van der Waals surface area contributed by atoms with Gasteiger partial charge < -0.3 is 9.88 Å². The summed E-state index contributed by atoms with van der Waals surface area (Å²) in [6, 6.07) is 18.3. The van der Waals surface area contributed by atoms with Crippen LogP contribution in [0.3, 0.4) is 0 Å². The minimum atomic E-state index is -0.0662. The molecule has 0 saturated heterocycles. The number of thiophene rings is 1. The van der Waals surface area contributed by atoms with E-state index >= 15 is 0 Å². The second-order valence-electron chi connectivity index (χ2n) is 6.14. The molecule has 1 amide bonds. The molecule has 24 heavy (non-hydrogen) atoms. The molecular formula is C20H18N2OS. The molecule has 0 bridgehead atoms. The monoisotopic (exact) mass is 334 g/mol. The van der Waals surface area contributed by atoms with Crippen LogP contribution in [0.2, 0.25) is 0 Å². The first-order valence-electron chi connectivity index (χ1n) is 8.02. The van der Waals surface area contributed by atoms with E-state index in [1.54, 1.807) is 11.3 Å². The molecule has 1 N–H and O–H groups in total. The van der Waals surface area contributed by atoms with Crippen LogP contribution in [0.25, 0.3) is 21.0 Å². The summed E-state index contributed by atoms with van der Waals surface area (Å²) in [6.07, 6.45) is 0. The molecule has 4 heteroatoms. The molecule has 0 spiro atoms. The van der Waals surface area contributed by atoms with Crippen LogP contribution in [0.4, 0.5) is 5.69 Å². The largest absolute Gasteiger partial charge is 0.333 e. The smallest absolute Gasteiger partial charge is 0.272 e. The van der Waals surface area contributed by atoms with E-state index in [0.717, 1.165) is 26.7 Å². The van der Waals surface area contributed by atoms with Gasteiger partial charge in [0.25, 0.3) is 5.91 Å². The first kappa shape index (κ1) is 15.0. The number of hydrogen-bond donors (Lipinski definition) is 1. The van der Waals surface area contributed by atoms with Gasteiger partial charge in [-0.3, -0.25) is 4.79 Å². The van der Waals surface area contributed by atoms with Crippen LogP contribution < -0.4 is 5.32 Å². The van der Waals surface area contributed by atoms with Gasteiger partial charge >= 0.3 is 0 Å². The Hall–Kier alpha value is -2.59. The Bertz CT molecular complexity index is 1040. The van der Waals surface area contributed by atoms with Crippen molar-refractivity contribution in [2.45, 2.75) is 19.9 Å². The third kappa shape index (κ3) is 2.39. The summed E-state index contributed by atoms with van der Waals surface area (Å²) < 4.78 is 3.25. The van der Waals surface area contributed by atoms with Crippen molar-refractivity contribution in [3.8, 4) is 0 Å². The van der Waals surface area contributed by atoms with Crippen molar-refractivity contribution in [3.63, 3.8) is 0 Å². The summed E-state index contributed by atoms with van der Waals surface area (Å²) in [4.78, 5) is 12.9. The van der Waals surface area contributed by atoms with Gasteiger partial charge in [0, 0.05) is 17.1 Å². The van der Waals surface area contributed by atoms with Gasteiger partial charge in [0.2, 0.25) is 0 Å². The lowest BCUT2D eigenvalue weighted by atomic mass is 10.1. The molecular weight excluding hydrogens is 316 g/mol. The van der Waals surface area contributed by atoms with E-state index in [9.17, 15) is 4.79 Å². The molecule has 0 aliphatic heterocycles. The van der Waals surface area contributed by atoms with E-state index in [4.69, 9.17) is 0 Å². The van der Waals surface area contributed by atoms with Crippen molar-refractivity contribution in [3.05, 3.63) is 65.7 Å². The summed E-state index contributed by atoms with van der Waals surface area (Å²) in [5.74, 6) is -0.0662. The fraction of sp³-hybridized carbons (Fsp3) is 0.150. The molecule has 4 aromatic rings. The Kier molecular flexibility index (Phi) is 3.62. The molecule has 120 valence electrons. The van der Waals surface area contributed by atoms with Crippen LogP contribution in [-0.2, 0) is 0 Å². The quantitative estimate of drug-likeness (QED) is 0.513. The third-order valence-corrected chi connectivity index (χ3v) is 5.10. The van der Waals surface area contributed by atoms with Gasteiger partial charge in [-0.15, -0.1) is 11.3 Å². The minimum absolute atomic E-state index is 0.0662. The van der Waals surface area contributed by atoms with Gasteiger partial charge in [-0.1, -0.05) is 36.4 Å². The number of nitrogens with one attached hydrogen (secondary N) is 1. The maximum Gasteiger partial charge on any atom is 0.272 e. The number of fused-ring (bicyclic) bond motifs is 2. The van der Waals surface area contributed by atoms with Crippen molar-refractivity contribution < 1.29 is 4.79 Å². The molecule has 0 saturated carbocycles. The predicted octanol–water partition coefficient (Wildman–Crippen LogP) is 5.69. The number of nitrogens with zero attached hydrogens (tertiary/aromatic N) is 1. The first-order valence-corrected chi connectivity index (χ1v) is 8.90. The second kappa shape index (κ2) is 5.80. The summed E-state index contributed by atoms with van der Waals surface area (Å²) in [6.45, 7) is 4.21. The number of hydrogen-bond acceptors (Lipinski definition) is 2. The van der Waals surface area contributed by atoms with Crippen molar-refractivity contribution >= 4 is 43.9 Å². The molecule has 0 aliphatic carbocycles. The van der Waals surface area contributed by atoms with E-state index in [0.29, 0.717) is 5.69 Å². The molecule has 0 aliphatic rings. The Morgan fingerprint density at radius 3 is 2.71 bits per heavy atom. The van der Waals surface area contributed by atoms with Crippen LogP contribution in [-0.4, -0.2) is 10.5 Å². The second-order valence-corrected chi connectivity index (χ2v) is 7.09. The number of amides is 1. The van der Waals surface area contributed by atoms with E-state index < -0.39 is 0 Å². The predicted molar refractivity (Wildman–Crippen MR) is 102 cm³/mol. The number of anilines is 1. The lowest BCUT2D eigenvalue weighted by molar-refractivity contribution is 0.101. The number of aromatic nitrogens is 1. The molecule has 0 fully saturated rings. The summed E-state index contributed by atoms with van der Waals surface area (Å²) in [5.41, 5.74) is 2.68. The normalized spacial score (nSPS) is 11.5. The van der Waals surface area contributed by atoms with Crippen LogP contribution in [0.1, 0.15) is 30.4 Å². The maximum atomic E-state index is 12.9. The summed E-state index contributed by atoms with van der Waals surface area (Å²) in [7, 11) is 0. The molecule has 3 nitrogen and oxygen atoms in total. The molecule has 0 atom stereocenters. The average Bonchev–Trinajstić information content (AvgIpc) is 3.15. The Labute approximate surface area is 144 Å². The first-order chi connectivity index (χ1) is 11.6. The van der Waals surface area contributed by atoms with Gasteiger partial charge in [0.1, 0.15) is 5.69 Å². The van der Waals surface area contributed by atoms with Gasteiger partial charge in [0.15, 0.2) is 0 Å². The lowest BCUT2D eigenvalue weighted by Gasteiger charge is -2.15. The van der Waals surface area contributed by atoms with Crippen molar-refractivity contribution in [1.82, 2.24) is 4.57 Å². The highest BCUT2D eigenvalue weighted by molar-refractivity contribution is 7.17. The average molecular weight is 334 g/mol. The zero-order valence-corrected chi connectivity index (χ0v) is 14.4. The van der Waals surface area contributed by atoms with E-state index in [2.05, 4.69) is 47.3 Å². The van der Waals surface area contributed by atoms with Crippen LogP contribution in [0.15, 0.2) is 60.0 Å². The van der Waals surface area contributed by atoms with Crippen molar-refractivity contribution in [1.29, 1.82) is 0 Å². The zero-order valence-electron chi connectivity index (χ0n) is 13.6. The zero-order chi connectivity index (χ0) is 16.7. The molecule has 4 rings (SSSR count). The van der Waals surface area contributed by atoms with Crippen LogP contribution in [0, 0.1) is 0 Å². The van der Waals surface area contributed by atoms with Crippen molar-refractivity contribution in [2.75, 3.05) is 5.32 Å². The van der Waals surface area contributed by atoms with E-state index in [-0.39, 0.29) is 11.9 Å². The standard InChI is InChI=1S/C20H18N2OS/c1-13(2)22-17-10-11-24-19(17)12-18(22)20(23)21-16-9-5-7-14-6-3-4-8-15(14)16/h3-13H,1-2H3,(H,21,23). The van der Waals surface area contributed by atoms with Crippen molar-refractivity contribution in [2.24, 2.45) is 0 Å². The number of benzene rings is 2. The Morgan fingerprint density at radius 2 is 1.88 bits per heavy atom. The van der Waals surface area contributed by atoms with E-state index in [1.807, 2.05) is 36.4 Å². The van der Waals surface area contributed by atoms with E-state index in [1.165, 1.54) is 0 Å². The minimum Gasteiger partial charge on any atom is -0.333 e. The molecule has 2 aromatic carbocycles. The molecule has 2 heterocycles. The Balaban J connectivity index is 1.77. The van der Waals surface area contributed by atoms with Crippen LogP contribution >= 0.6 is 11.3 Å². The number of carbonyl (C=O) groups excluding carboxylic acids is 1. The highest BCUT2D eigenvalue weighted by atomic mass is 32.1. The fourth-order valence-corrected chi connectivity index (χ4v) is 4.01. The summed E-state index contributed by atoms with van der Waals surface area (Å²) in [5, 5.41) is 7.33. The highest BCUT2D eigenvalue weighted by Crippen LogP contribution is 2.30. The summed E-state index contributed by atoms with van der Waals surface area (Å²) >= 11 is 1.67. The fourth-order valence-electron chi connectivity index (χ4n) is 3.20. The Morgan fingerprint density at radius 1 is 1.08 bits per heavy atom. The van der Waals surface area contributed by atoms with Gasteiger partial charge in [0.05, 0.1) is 10.2 Å². The van der Waals surface area contributed by atoms with Gasteiger partial charge in [-0.25, -0.2) is 0 Å². The molecule has 0 radical (unpaired) electrons. The number of carbonyl (C=O) groups is 1. The highest BCUT2D eigenvalue weighted by Gasteiger charge is 2.18. The number of rotatable bonds is 3. The lowest BCUT2D eigenvalue weighted by Crippen LogP contribution is -2.18. The SMILES string of the molecule is CC(C)n1c(C(=O)Nc2cccc3ccccc23)cc2sccc21. The van der Waals surface area contributed by atoms with Gasteiger partial charge in [-0.05, 0) is 42.8 Å². The van der Waals surface area contributed by atoms with Gasteiger partial charge in [-0.2, -0.15) is 0 Å². The van der Waals surface area contributed by atoms with Crippen LogP contribution in [0.5, 0.6) is 0 Å². The molecule has 2 aromatic heterocycles. The third-order valence-electron chi connectivity index (χ3n) is 4.25. The molecule has 0 unspecified atom stereocenters.